The second kappa shape index (κ2) is 30.5. The van der Waals surface area contributed by atoms with Crippen molar-refractivity contribution in [3.05, 3.63) is 141 Å². The van der Waals surface area contributed by atoms with Gasteiger partial charge in [0.05, 0.1) is 27.8 Å². The fourth-order valence-electron chi connectivity index (χ4n) is 3.69. The second-order valence-corrected chi connectivity index (χ2v) is 18.1. The van der Waals surface area contributed by atoms with E-state index in [0.717, 1.165) is 60.7 Å². The topological polar surface area (TPSA) is 0 Å². The number of hydrogen-bond acceptors (Lipinski definition) is 5. The molecule has 0 heterocycles. The molecule has 0 N–H and O–H groups in total. The number of alkyl halides is 15. The Kier molecular flexibility index (Phi) is 34.1. The molecule has 0 aliphatic rings. The summed E-state index contributed by atoms with van der Waals surface area (Å²) in [5.74, 6) is 0. The molecule has 0 nitrogen and oxygen atoms in total. The van der Waals surface area contributed by atoms with Crippen molar-refractivity contribution < 1.29 is 89.4 Å². The van der Waals surface area contributed by atoms with Crippen molar-refractivity contribution >= 4 is 143 Å². The molecular formula is C35H25Br5F20S5. The van der Waals surface area contributed by atoms with Crippen LogP contribution in [0.3, 0.4) is 0 Å². The Hall–Kier alpha value is -1.15. The molecular weight excluding hydrogens is 1360 g/mol. The van der Waals surface area contributed by atoms with Crippen molar-refractivity contribution in [1.82, 2.24) is 0 Å². The number of halogens is 25. The molecule has 30 heteroatoms. The van der Waals surface area contributed by atoms with E-state index in [2.05, 4.69) is 143 Å². The Morgan fingerprint density at radius 1 is 0.231 bits per heavy atom. The van der Waals surface area contributed by atoms with Gasteiger partial charge in [-0.15, -0.1) is 63.1 Å². The van der Waals surface area contributed by atoms with Gasteiger partial charge in [0.1, 0.15) is 0 Å². The summed E-state index contributed by atoms with van der Waals surface area (Å²) < 4.78 is 183. The Labute approximate surface area is 425 Å². The third-order valence-corrected chi connectivity index (χ3v) is 9.63. The fraction of sp³-hybridized carbons (Fsp3) is 0.143. The summed E-state index contributed by atoms with van der Waals surface area (Å²) in [6.45, 7) is 0. The molecule has 0 amide bonds. The molecule has 5 rings (SSSR count). The average molecular weight is 1390 g/mol. The molecule has 0 aromatic heterocycles. The molecule has 65 heavy (non-hydrogen) atoms. The molecule has 0 saturated heterocycles. The molecule has 370 valence electrons. The molecule has 0 radical (unpaired) electrons. The van der Waals surface area contributed by atoms with E-state index in [1.165, 1.54) is 30.3 Å². The van der Waals surface area contributed by atoms with Gasteiger partial charge in [0.15, 0.2) is 0 Å². The highest BCUT2D eigenvalue weighted by molar-refractivity contribution is 9.11. The molecule has 0 spiro atoms. The normalized spacial score (nSPS) is 10.8. The monoisotopic (exact) mass is 1380 g/mol. The molecule has 0 aliphatic carbocycles. The Morgan fingerprint density at radius 3 is 0.415 bits per heavy atom. The minimum absolute atomic E-state index is 0. The van der Waals surface area contributed by atoms with E-state index in [-0.39, 0.29) is 48.0 Å². The maximum Gasteiger partial charge on any atom is 0.416 e. The quantitative estimate of drug-likeness (QED) is 0.0741. The van der Waals surface area contributed by atoms with Gasteiger partial charge in [-0.1, -0.05) is 79.6 Å². The van der Waals surface area contributed by atoms with Gasteiger partial charge in [0, 0.05) is 46.8 Å². The first-order chi connectivity index (χ1) is 27.0. The van der Waals surface area contributed by atoms with E-state index in [4.69, 9.17) is 0 Å². The maximum absolute atomic E-state index is 12.1. The lowest BCUT2D eigenvalue weighted by atomic mass is 10.2. The lowest BCUT2D eigenvalue weighted by Crippen LogP contribution is -2.04. The lowest BCUT2D eigenvalue weighted by molar-refractivity contribution is -0.138. The highest BCUT2D eigenvalue weighted by Crippen LogP contribution is 2.36. The molecule has 0 unspecified atom stereocenters. The van der Waals surface area contributed by atoms with Crippen LogP contribution in [-0.4, -0.2) is 0 Å². The van der Waals surface area contributed by atoms with Gasteiger partial charge < -0.3 is 0 Å². The van der Waals surface area contributed by atoms with Gasteiger partial charge in [0.25, 0.3) is 0 Å². The average Bonchev–Trinajstić information content (AvgIpc) is 3.02. The minimum atomic E-state index is -4.30. The third kappa shape index (κ3) is 29.5. The van der Waals surface area contributed by atoms with Gasteiger partial charge in [-0.2, -0.15) is 65.9 Å². The fourth-order valence-corrected chi connectivity index (χ4v) is 8.43. The van der Waals surface area contributed by atoms with E-state index in [1.54, 1.807) is 0 Å². The van der Waals surface area contributed by atoms with E-state index < -0.39 is 58.7 Å². The van der Waals surface area contributed by atoms with E-state index in [1.807, 2.05) is 0 Å². The van der Waals surface area contributed by atoms with Crippen LogP contribution < -0.4 is 0 Å². The largest absolute Gasteiger partial charge is 0.416 e. The second-order valence-electron chi connectivity index (χ2n) is 11.0. The lowest BCUT2D eigenvalue weighted by Gasteiger charge is -2.07. The van der Waals surface area contributed by atoms with Crippen molar-refractivity contribution in [2.75, 3.05) is 0 Å². The minimum Gasteiger partial charge on any atom is -0.269 e. The summed E-state index contributed by atoms with van der Waals surface area (Å²) in [5.41, 5.74) is -3.46. The van der Waals surface area contributed by atoms with Crippen LogP contribution in [-0.2, 0) is 30.9 Å². The first kappa shape index (κ1) is 72.8. The molecule has 5 aromatic carbocycles. The smallest absolute Gasteiger partial charge is 0.269 e. The Balaban J connectivity index is -0.000000226. The van der Waals surface area contributed by atoms with Crippen LogP contribution in [0, 0.1) is 0 Å². The van der Waals surface area contributed by atoms with Crippen LogP contribution in [0.2, 0.25) is 0 Å². The zero-order valence-electron chi connectivity index (χ0n) is 30.5. The van der Waals surface area contributed by atoms with Crippen LogP contribution in [0.1, 0.15) is 27.8 Å². The summed E-state index contributed by atoms with van der Waals surface area (Å²) >= 11 is 33.9. The van der Waals surface area contributed by atoms with E-state index in [0.29, 0.717) is 22.4 Å². The highest BCUT2D eigenvalue weighted by atomic mass is 79.9. The van der Waals surface area contributed by atoms with E-state index in [9.17, 15) is 65.9 Å². The van der Waals surface area contributed by atoms with Gasteiger partial charge in [-0.05, 0) is 91.0 Å². The molecule has 5 aromatic rings. The number of hydrogen-bond donors (Lipinski definition) is 5. The van der Waals surface area contributed by atoms with Crippen LogP contribution in [0.5, 0.6) is 0 Å². The molecule has 0 aliphatic heterocycles. The number of benzene rings is 5. The first-order valence-electron chi connectivity index (χ1n) is 14.8. The Morgan fingerprint density at radius 2 is 0.338 bits per heavy atom. The zero-order chi connectivity index (χ0) is 46.8. The summed E-state index contributed by atoms with van der Waals surface area (Å²) in [6.07, 6.45) is -21.5. The van der Waals surface area contributed by atoms with Crippen molar-refractivity contribution in [3.63, 3.8) is 0 Å². The van der Waals surface area contributed by atoms with Gasteiger partial charge >= 0.3 is 30.9 Å². The van der Waals surface area contributed by atoms with Crippen LogP contribution >= 0.6 is 143 Å². The van der Waals surface area contributed by atoms with Crippen molar-refractivity contribution in [2.24, 2.45) is 0 Å². The maximum atomic E-state index is 12.1. The van der Waals surface area contributed by atoms with Crippen LogP contribution in [0.25, 0.3) is 0 Å². The van der Waals surface area contributed by atoms with Crippen molar-refractivity contribution in [2.45, 2.75) is 55.4 Å². The first-order valence-corrected chi connectivity index (χ1v) is 21.0. The SMILES string of the molecule is F.F.F.F.F.FC(F)(F)c1cc(S)cc(Br)c1.FC(F)(F)c1cc(S)cc(Br)c1.FC(F)(F)c1cc(S)cc(Br)c1.FC(F)(F)c1cc(S)cc(Br)c1.FC(F)(F)c1cc(S)cc(Br)c1. The summed E-state index contributed by atoms with van der Waals surface area (Å²) in [4.78, 5) is 1.44. The van der Waals surface area contributed by atoms with Gasteiger partial charge in [-0.3, -0.25) is 23.5 Å². The zero-order valence-corrected chi connectivity index (χ0v) is 42.9. The highest BCUT2D eigenvalue weighted by Gasteiger charge is 2.33. The predicted molar refractivity (Wildman–Crippen MR) is 244 cm³/mol. The molecule has 0 bridgehead atoms. The van der Waals surface area contributed by atoms with Gasteiger partial charge in [0.2, 0.25) is 0 Å². The number of rotatable bonds is 0. The molecule has 0 atom stereocenters. The Bertz CT molecular complexity index is 1740. The third-order valence-electron chi connectivity index (χ3n) is 6.05. The molecule has 0 fully saturated rings. The van der Waals surface area contributed by atoms with E-state index >= 15 is 0 Å². The summed E-state index contributed by atoms with van der Waals surface area (Å²) in [5, 5.41) is 0. The molecule has 0 saturated carbocycles. The van der Waals surface area contributed by atoms with Crippen molar-refractivity contribution in [3.8, 4) is 0 Å². The number of thiol groups is 5. The van der Waals surface area contributed by atoms with Crippen LogP contribution in [0.15, 0.2) is 138 Å². The predicted octanol–water partition coefficient (Wildman–Crippen LogP) is 19.5. The summed E-state index contributed by atoms with van der Waals surface area (Å²) in [7, 11) is 0. The van der Waals surface area contributed by atoms with Gasteiger partial charge in [-0.25, -0.2) is 0 Å². The van der Waals surface area contributed by atoms with Crippen molar-refractivity contribution in [1.29, 1.82) is 0 Å². The standard InChI is InChI=1S/5C7H4BrF3S.5FH/c5*8-5-1-4(7(9,10)11)2-6(12)3-5;;;;;/h5*1-3,12H;5*1H. The van der Waals surface area contributed by atoms with Crippen LogP contribution in [0.4, 0.5) is 89.4 Å². The summed E-state index contributed by atoms with van der Waals surface area (Å²) in [6, 6.07) is 17.5.